The monoisotopic (exact) mass is 254 g/mol. The fourth-order valence-electron chi connectivity index (χ4n) is 2.54. The van der Waals surface area contributed by atoms with E-state index in [1.54, 1.807) is 0 Å². The summed E-state index contributed by atoms with van der Waals surface area (Å²) in [5, 5.41) is 0. The van der Waals surface area contributed by atoms with Gasteiger partial charge < -0.3 is 5.73 Å². The fourth-order valence-corrected chi connectivity index (χ4v) is 2.54. The smallest absolute Gasteiger partial charge is 0.0600 e. The molecule has 2 aromatic carbocycles. The standard InChI is InChI=1S/C17H22N2/c1-12-8-9-13(2)16(10-12)17(19(3)4)14-6-5-7-15(18)11-14/h5-11,17H,18H2,1-4H3. The Hall–Kier alpha value is -1.80. The number of rotatable bonds is 3. The van der Waals surface area contributed by atoms with Crippen LogP contribution in [0.5, 0.6) is 0 Å². The molecule has 100 valence electrons. The summed E-state index contributed by atoms with van der Waals surface area (Å²) in [6, 6.07) is 15.0. The molecule has 2 aromatic rings. The van der Waals surface area contributed by atoms with Crippen LogP contribution in [0, 0.1) is 13.8 Å². The Labute approximate surface area is 115 Å². The molecular formula is C17H22N2. The largest absolute Gasteiger partial charge is 0.399 e. The van der Waals surface area contributed by atoms with Crippen molar-refractivity contribution in [1.29, 1.82) is 0 Å². The maximum Gasteiger partial charge on any atom is 0.0600 e. The van der Waals surface area contributed by atoms with Crippen molar-refractivity contribution >= 4 is 5.69 Å². The molecule has 2 heteroatoms. The predicted octanol–water partition coefficient (Wildman–Crippen LogP) is 3.54. The molecule has 2 nitrogen and oxygen atoms in total. The zero-order valence-electron chi connectivity index (χ0n) is 12.1. The fraction of sp³-hybridized carbons (Fsp3) is 0.294. The van der Waals surface area contributed by atoms with Crippen molar-refractivity contribution in [2.75, 3.05) is 19.8 Å². The van der Waals surface area contributed by atoms with Gasteiger partial charge in [-0.05, 0) is 56.8 Å². The summed E-state index contributed by atoms with van der Waals surface area (Å²) >= 11 is 0. The number of anilines is 1. The van der Waals surface area contributed by atoms with Gasteiger partial charge in [-0.3, -0.25) is 4.90 Å². The third-order valence-electron chi connectivity index (χ3n) is 3.47. The minimum Gasteiger partial charge on any atom is -0.399 e. The maximum atomic E-state index is 5.92. The van der Waals surface area contributed by atoms with Crippen LogP contribution in [0.25, 0.3) is 0 Å². The van der Waals surface area contributed by atoms with Crippen molar-refractivity contribution in [1.82, 2.24) is 4.90 Å². The lowest BCUT2D eigenvalue weighted by Crippen LogP contribution is -2.22. The topological polar surface area (TPSA) is 29.3 Å². The first-order valence-corrected chi connectivity index (χ1v) is 6.58. The summed E-state index contributed by atoms with van der Waals surface area (Å²) in [6.07, 6.45) is 0. The molecule has 0 fully saturated rings. The molecule has 0 bridgehead atoms. The average molecular weight is 254 g/mol. The van der Waals surface area contributed by atoms with Gasteiger partial charge in [0.2, 0.25) is 0 Å². The zero-order valence-corrected chi connectivity index (χ0v) is 12.1. The molecule has 0 aliphatic heterocycles. The van der Waals surface area contributed by atoms with Crippen molar-refractivity contribution < 1.29 is 0 Å². The van der Waals surface area contributed by atoms with Crippen LogP contribution in [0.4, 0.5) is 5.69 Å². The highest BCUT2D eigenvalue weighted by atomic mass is 15.1. The highest BCUT2D eigenvalue weighted by molar-refractivity contribution is 5.46. The number of hydrogen-bond acceptors (Lipinski definition) is 2. The van der Waals surface area contributed by atoms with Crippen molar-refractivity contribution in [2.24, 2.45) is 0 Å². The maximum absolute atomic E-state index is 5.92. The van der Waals surface area contributed by atoms with Crippen molar-refractivity contribution in [3.63, 3.8) is 0 Å². The molecule has 0 amide bonds. The first-order valence-electron chi connectivity index (χ1n) is 6.58. The Bertz CT molecular complexity index is 573. The van der Waals surface area contributed by atoms with E-state index < -0.39 is 0 Å². The van der Waals surface area contributed by atoms with E-state index in [9.17, 15) is 0 Å². The Kier molecular flexibility index (Phi) is 3.91. The third-order valence-corrected chi connectivity index (χ3v) is 3.47. The summed E-state index contributed by atoms with van der Waals surface area (Å²) in [6.45, 7) is 4.30. The van der Waals surface area contributed by atoms with Gasteiger partial charge in [0.25, 0.3) is 0 Å². The second-order valence-corrected chi connectivity index (χ2v) is 5.40. The van der Waals surface area contributed by atoms with Gasteiger partial charge in [0, 0.05) is 5.69 Å². The summed E-state index contributed by atoms with van der Waals surface area (Å²) in [5.41, 5.74) is 11.9. The molecule has 0 aromatic heterocycles. The lowest BCUT2D eigenvalue weighted by molar-refractivity contribution is 0.341. The van der Waals surface area contributed by atoms with Crippen LogP contribution >= 0.6 is 0 Å². The second-order valence-electron chi connectivity index (χ2n) is 5.40. The number of nitrogens with two attached hydrogens (primary N) is 1. The summed E-state index contributed by atoms with van der Waals surface area (Å²) in [4.78, 5) is 2.23. The van der Waals surface area contributed by atoms with Gasteiger partial charge in [-0.1, -0.05) is 35.9 Å². The molecule has 0 radical (unpaired) electrons. The highest BCUT2D eigenvalue weighted by Gasteiger charge is 2.18. The van der Waals surface area contributed by atoms with E-state index in [2.05, 4.69) is 63.2 Å². The van der Waals surface area contributed by atoms with E-state index in [0.29, 0.717) is 0 Å². The molecule has 0 aliphatic rings. The first kappa shape index (κ1) is 13.6. The first-order chi connectivity index (χ1) is 8.99. The van der Waals surface area contributed by atoms with Gasteiger partial charge in [0.1, 0.15) is 0 Å². The Morgan fingerprint density at radius 2 is 1.74 bits per heavy atom. The van der Waals surface area contributed by atoms with Crippen LogP contribution < -0.4 is 5.73 Å². The number of aryl methyl sites for hydroxylation is 2. The quantitative estimate of drug-likeness (QED) is 0.849. The van der Waals surface area contributed by atoms with Gasteiger partial charge in [-0.25, -0.2) is 0 Å². The highest BCUT2D eigenvalue weighted by Crippen LogP contribution is 2.30. The molecule has 0 spiro atoms. The van der Waals surface area contributed by atoms with E-state index in [1.165, 1.54) is 22.3 Å². The third kappa shape index (κ3) is 2.96. The van der Waals surface area contributed by atoms with Gasteiger partial charge in [0.05, 0.1) is 6.04 Å². The SMILES string of the molecule is Cc1ccc(C)c(C(c2cccc(N)c2)N(C)C)c1. The molecule has 2 N–H and O–H groups in total. The molecule has 0 heterocycles. The number of nitrogen functional groups attached to an aromatic ring is 1. The van der Waals surface area contributed by atoms with E-state index in [4.69, 9.17) is 5.73 Å². The summed E-state index contributed by atoms with van der Waals surface area (Å²) in [7, 11) is 4.21. The second kappa shape index (κ2) is 5.45. The molecule has 0 saturated carbocycles. The number of hydrogen-bond donors (Lipinski definition) is 1. The molecule has 1 unspecified atom stereocenters. The molecule has 1 atom stereocenters. The number of nitrogens with zero attached hydrogens (tertiary/aromatic N) is 1. The minimum absolute atomic E-state index is 0.239. The predicted molar refractivity (Wildman–Crippen MR) is 82.3 cm³/mol. The lowest BCUT2D eigenvalue weighted by Gasteiger charge is -2.27. The molecule has 0 aliphatic carbocycles. The van der Waals surface area contributed by atoms with E-state index in [-0.39, 0.29) is 6.04 Å². The van der Waals surface area contributed by atoms with Crippen molar-refractivity contribution in [3.05, 3.63) is 64.7 Å². The summed E-state index contributed by atoms with van der Waals surface area (Å²) in [5.74, 6) is 0. The molecular weight excluding hydrogens is 232 g/mol. The van der Waals surface area contributed by atoms with Crippen LogP contribution in [-0.4, -0.2) is 19.0 Å². The van der Waals surface area contributed by atoms with Crippen LogP contribution in [-0.2, 0) is 0 Å². The van der Waals surface area contributed by atoms with Crippen molar-refractivity contribution in [3.8, 4) is 0 Å². The Morgan fingerprint density at radius 3 is 2.37 bits per heavy atom. The zero-order chi connectivity index (χ0) is 14.0. The summed E-state index contributed by atoms with van der Waals surface area (Å²) < 4.78 is 0. The molecule has 19 heavy (non-hydrogen) atoms. The normalized spacial score (nSPS) is 12.7. The van der Waals surface area contributed by atoms with E-state index in [0.717, 1.165) is 5.69 Å². The minimum atomic E-state index is 0.239. The van der Waals surface area contributed by atoms with Crippen LogP contribution in [0.15, 0.2) is 42.5 Å². The van der Waals surface area contributed by atoms with Crippen molar-refractivity contribution in [2.45, 2.75) is 19.9 Å². The average Bonchev–Trinajstić information content (AvgIpc) is 2.33. The Morgan fingerprint density at radius 1 is 1.00 bits per heavy atom. The van der Waals surface area contributed by atoms with E-state index >= 15 is 0 Å². The van der Waals surface area contributed by atoms with Crippen LogP contribution in [0.1, 0.15) is 28.3 Å². The number of benzene rings is 2. The van der Waals surface area contributed by atoms with Gasteiger partial charge in [-0.2, -0.15) is 0 Å². The molecule has 0 saturated heterocycles. The van der Waals surface area contributed by atoms with Gasteiger partial charge in [-0.15, -0.1) is 0 Å². The lowest BCUT2D eigenvalue weighted by atomic mass is 9.92. The molecule has 2 rings (SSSR count). The van der Waals surface area contributed by atoms with Gasteiger partial charge >= 0.3 is 0 Å². The van der Waals surface area contributed by atoms with Crippen LogP contribution in [0.3, 0.4) is 0 Å². The van der Waals surface area contributed by atoms with Crippen LogP contribution in [0.2, 0.25) is 0 Å². The van der Waals surface area contributed by atoms with Gasteiger partial charge in [0.15, 0.2) is 0 Å². The van der Waals surface area contributed by atoms with E-state index in [1.807, 2.05) is 12.1 Å². The Balaban J connectivity index is 2.55.